The molecule has 1 aromatic carbocycles. The van der Waals surface area contributed by atoms with Crippen LogP contribution in [0.15, 0.2) is 42.5 Å². The number of carbonyl (C=O) groups excluding carboxylic acids is 1. The summed E-state index contributed by atoms with van der Waals surface area (Å²) in [5.41, 5.74) is 9.12. The molecule has 2 aromatic rings. The van der Waals surface area contributed by atoms with Gasteiger partial charge in [0.15, 0.2) is 0 Å². The van der Waals surface area contributed by atoms with Gasteiger partial charge in [-0.3, -0.25) is 9.78 Å². The van der Waals surface area contributed by atoms with Crippen molar-refractivity contribution in [1.29, 1.82) is 0 Å². The maximum atomic E-state index is 12.1. The minimum atomic E-state index is -0.679. The first-order valence-corrected chi connectivity index (χ1v) is 6.13. The third kappa shape index (κ3) is 3.17. The maximum absolute atomic E-state index is 12.1. The zero-order valence-corrected chi connectivity index (χ0v) is 11.1. The maximum Gasteiger partial charge on any atom is 0.245 e. The average molecular weight is 255 g/mol. The molecule has 0 aliphatic rings. The highest BCUT2D eigenvalue weighted by atomic mass is 16.2. The summed E-state index contributed by atoms with van der Waals surface area (Å²) in [6.07, 6.45) is 0. The van der Waals surface area contributed by atoms with Gasteiger partial charge in [-0.1, -0.05) is 30.3 Å². The van der Waals surface area contributed by atoms with Crippen LogP contribution >= 0.6 is 0 Å². The lowest BCUT2D eigenvalue weighted by Crippen LogP contribution is -2.28. The molecule has 4 heteroatoms. The van der Waals surface area contributed by atoms with Crippen LogP contribution in [0, 0.1) is 13.8 Å². The van der Waals surface area contributed by atoms with Crippen LogP contribution in [0.1, 0.15) is 23.0 Å². The van der Waals surface area contributed by atoms with Gasteiger partial charge in [0.05, 0.1) is 11.4 Å². The minimum Gasteiger partial charge on any atom is -0.323 e. The molecule has 0 unspecified atom stereocenters. The zero-order valence-electron chi connectivity index (χ0n) is 11.1. The standard InChI is InChI=1S/C15H17N3O/c1-10-8-9-13(11(2)17-10)18-15(19)14(16)12-6-4-3-5-7-12/h3-9,14H,16H2,1-2H3,(H,18,19)/t14-/m0/s1. The predicted molar refractivity (Wildman–Crippen MR) is 75.7 cm³/mol. The van der Waals surface area contributed by atoms with Gasteiger partial charge < -0.3 is 11.1 Å². The van der Waals surface area contributed by atoms with Crippen molar-refractivity contribution in [3.63, 3.8) is 0 Å². The molecule has 98 valence electrons. The number of amides is 1. The second kappa shape index (κ2) is 5.63. The quantitative estimate of drug-likeness (QED) is 0.884. The van der Waals surface area contributed by atoms with Crippen molar-refractivity contribution >= 4 is 11.6 Å². The Labute approximate surface area is 112 Å². The van der Waals surface area contributed by atoms with Crippen molar-refractivity contribution in [3.8, 4) is 0 Å². The average Bonchev–Trinajstić information content (AvgIpc) is 2.42. The second-order valence-corrected chi connectivity index (χ2v) is 4.46. The molecule has 0 spiro atoms. The Kier molecular flexibility index (Phi) is 3.92. The molecule has 1 atom stereocenters. The van der Waals surface area contributed by atoms with E-state index in [2.05, 4.69) is 10.3 Å². The zero-order chi connectivity index (χ0) is 13.8. The van der Waals surface area contributed by atoms with Crippen LogP contribution in [0.5, 0.6) is 0 Å². The van der Waals surface area contributed by atoms with Gasteiger partial charge in [-0.05, 0) is 31.5 Å². The number of benzene rings is 1. The number of hydrogen-bond donors (Lipinski definition) is 2. The van der Waals surface area contributed by atoms with Gasteiger partial charge in [0.2, 0.25) is 5.91 Å². The first-order chi connectivity index (χ1) is 9.08. The topological polar surface area (TPSA) is 68.0 Å². The molecule has 0 aliphatic heterocycles. The summed E-state index contributed by atoms with van der Waals surface area (Å²) in [7, 11) is 0. The third-order valence-electron chi connectivity index (χ3n) is 2.92. The van der Waals surface area contributed by atoms with Crippen LogP contribution in [-0.2, 0) is 4.79 Å². The number of carbonyl (C=O) groups is 1. The number of rotatable bonds is 3. The Hall–Kier alpha value is -2.20. The van der Waals surface area contributed by atoms with E-state index in [1.165, 1.54) is 0 Å². The number of nitrogens with zero attached hydrogens (tertiary/aromatic N) is 1. The third-order valence-corrected chi connectivity index (χ3v) is 2.92. The van der Waals surface area contributed by atoms with Crippen LogP contribution in [0.25, 0.3) is 0 Å². The Morgan fingerprint density at radius 3 is 2.47 bits per heavy atom. The number of anilines is 1. The molecule has 0 bridgehead atoms. The molecule has 1 heterocycles. The van der Waals surface area contributed by atoms with Gasteiger partial charge in [0, 0.05) is 5.69 Å². The van der Waals surface area contributed by atoms with Crippen molar-refractivity contribution in [2.75, 3.05) is 5.32 Å². The van der Waals surface area contributed by atoms with Crippen LogP contribution in [-0.4, -0.2) is 10.9 Å². The highest BCUT2D eigenvalue weighted by molar-refractivity contribution is 5.95. The molecule has 1 amide bonds. The van der Waals surface area contributed by atoms with E-state index in [0.717, 1.165) is 17.0 Å². The van der Waals surface area contributed by atoms with Crippen molar-refractivity contribution in [3.05, 3.63) is 59.4 Å². The number of nitrogens with two attached hydrogens (primary N) is 1. The second-order valence-electron chi connectivity index (χ2n) is 4.46. The van der Waals surface area contributed by atoms with Crippen LogP contribution in [0.3, 0.4) is 0 Å². The van der Waals surface area contributed by atoms with Gasteiger partial charge in [-0.25, -0.2) is 0 Å². The van der Waals surface area contributed by atoms with E-state index in [0.29, 0.717) is 5.69 Å². The van der Waals surface area contributed by atoms with E-state index < -0.39 is 6.04 Å². The molecule has 0 saturated carbocycles. The Morgan fingerprint density at radius 1 is 1.16 bits per heavy atom. The van der Waals surface area contributed by atoms with Crippen LogP contribution in [0.4, 0.5) is 5.69 Å². The molecule has 0 radical (unpaired) electrons. The van der Waals surface area contributed by atoms with E-state index in [9.17, 15) is 4.79 Å². The molecular weight excluding hydrogens is 238 g/mol. The summed E-state index contributed by atoms with van der Waals surface area (Å²) >= 11 is 0. The SMILES string of the molecule is Cc1ccc(NC(=O)[C@@H](N)c2ccccc2)c(C)n1. The fourth-order valence-corrected chi connectivity index (χ4v) is 1.84. The lowest BCUT2D eigenvalue weighted by Gasteiger charge is -2.13. The summed E-state index contributed by atoms with van der Waals surface area (Å²) in [4.78, 5) is 16.4. The molecule has 4 nitrogen and oxygen atoms in total. The first-order valence-electron chi connectivity index (χ1n) is 6.13. The van der Waals surface area contributed by atoms with Gasteiger partial charge in [0.25, 0.3) is 0 Å². The molecule has 1 aromatic heterocycles. The van der Waals surface area contributed by atoms with E-state index in [1.54, 1.807) is 0 Å². The number of nitrogens with one attached hydrogen (secondary N) is 1. The minimum absolute atomic E-state index is 0.236. The number of pyridine rings is 1. The van der Waals surface area contributed by atoms with E-state index in [4.69, 9.17) is 5.73 Å². The normalized spacial score (nSPS) is 11.9. The van der Waals surface area contributed by atoms with Crippen LogP contribution < -0.4 is 11.1 Å². The lowest BCUT2D eigenvalue weighted by molar-refractivity contribution is -0.117. The van der Waals surface area contributed by atoms with Crippen LogP contribution in [0.2, 0.25) is 0 Å². The Bertz CT molecular complexity index is 581. The molecule has 19 heavy (non-hydrogen) atoms. The molecule has 0 fully saturated rings. The van der Waals surface area contributed by atoms with Gasteiger partial charge in [-0.15, -0.1) is 0 Å². The van der Waals surface area contributed by atoms with Gasteiger partial charge in [-0.2, -0.15) is 0 Å². The highest BCUT2D eigenvalue weighted by Crippen LogP contribution is 2.16. The summed E-state index contributed by atoms with van der Waals surface area (Å²) in [5.74, 6) is -0.236. The first kappa shape index (κ1) is 13.2. The van der Waals surface area contributed by atoms with Crippen molar-refractivity contribution < 1.29 is 4.79 Å². The molecule has 3 N–H and O–H groups in total. The van der Waals surface area contributed by atoms with Crippen molar-refractivity contribution in [2.45, 2.75) is 19.9 Å². The fraction of sp³-hybridized carbons (Fsp3) is 0.200. The van der Waals surface area contributed by atoms with Gasteiger partial charge in [0.1, 0.15) is 6.04 Å². The van der Waals surface area contributed by atoms with Gasteiger partial charge >= 0.3 is 0 Å². The predicted octanol–water partition coefficient (Wildman–Crippen LogP) is 2.34. The lowest BCUT2D eigenvalue weighted by atomic mass is 10.1. The monoisotopic (exact) mass is 255 g/mol. The summed E-state index contributed by atoms with van der Waals surface area (Å²) in [5, 5.41) is 2.81. The van der Waals surface area contributed by atoms with Crippen molar-refractivity contribution in [2.24, 2.45) is 5.73 Å². The molecule has 2 rings (SSSR count). The highest BCUT2D eigenvalue weighted by Gasteiger charge is 2.16. The fourth-order valence-electron chi connectivity index (χ4n) is 1.84. The summed E-state index contributed by atoms with van der Waals surface area (Å²) in [6, 6.07) is 12.3. The number of aryl methyl sites for hydroxylation is 2. The largest absolute Gasteiger partial charge is 0.323 e. The summed E-state index contributed by atoms with van der Waals surface area (Å²) < 4.78 is 0. The van der Waals surface area contributed by atoms with E-state index >= 15 is 0 Å². The van der Waals surface area contributed by atoms with E-state index in [1.807, 2.05) is 56.3 Å². The molecule has 0 saturated heterocycles. The van der Waals surface area contributed by atoms with Crippen molar-refractivity contribution in [1.82, 2.24) is 4.98 Å². The summed E-state index contributed by atoms with van der Waals surface area (Å²) in [6.45, 7) is 3.77. The molecule has 0 aliphatic carbocycles. The molecular formula is C15H17N3O. The number of hydrogen-bond acceptors (Lipinski definition) is 3. The Balaban J connectivity index is 2.13. The smallest absolute Gasteiger partial charge is 0.245 e. The number of aromatic nitrogens is 1. The Morgan fingerprint density at radius 2 is 1.84 bits per heavy atom. The van der Waals surface area contributed by atoms with E-state index in [-0.39, 0.29) is 5.91 Å².